The van der Waals surface area contributed by atoms with Gasteiger partial charge in [0.25, 0.3) is 5.91 Å². The summed E-state index contributed by atoms with van der Waals surface area (Å²) in [5.74, 6) is -0.408. The van der Waals surface area contributed by atoms with E-state index in [1.165, 1.54) is 11.3 Å². The number of nitrogens with zero attached hydrogens (tertiary/aromatic N) is 2. The number of benzene rings is 2. The van der Waals surface area contributed by atoms with E-state index >= 15 is 0 Å². The SMILES string of the molecule is CCOCCn1c(=NC(=O)c2ccccc2Cl)sc2ccc(Cl)c(Cl)c21. The van der Waals surface area contributed by atoms with Crippen LogP contribution in [0.15, 0.2) is 41.4 Å². The molecule has 4 nitrogen and oxygen atoms in total. The standard InChI is InChI=1S/C18H15Cl3N2O2S/c1-2-25-10-9-23-16-14(8-7-13(20)15(16)21)26-18(23)22-17(24)11-5-3-4-6-12(11)19/h3-8H,2,9-10H2,1H3. The van der Waals surface area contributed by atoms with Crippen LogP contribution in [-0.4, -0.2) is 23.7 Å². The van der Waals surface area contributed by atoms with Crippen molar-refractivity contribution in [3.63, 3.8) is 0 Å². The van der Waals surface area contributed by atoms with Crippen molar-refractivity contribution in [3.8, 4) is 0 Å². The number of thiazole rings is 1. The summed E-state index contributed by atoms with van der Waals surface area (Å²) in [5, 5.41) is 1.25. The number of halogens is 3. The lowest BCUT2D eigenvalue weighted by Crippen LogP contribution is -2.20. The molecule has 2 aromatic carbocycles. The van der Waals surface area contributed by atoms with Gasteiger partial charge in [-0.05, 0) is 31.2 Å². The summed E-state index contributed by atoms with van der Waals surface area (Å²) < 4.78 is 8.20. The van der Waals surface area contributed by atoms with Gasteiger partial charge in [-0.3, -0.25) is 4.79 Å². The molecule has 3 rings (SSSR count). The van der Waals surface area contributed by atoms with Gasteiger partial charge in [-0.25, -0.2) is 0 Å². The number of amides is 1. The normalized spacial score (nSPS) is 12.1. The Hall–Kier alpha value is -1.37. The van der Waals surface area contributed by atoms with Crippen molar-refractivity contribution in [3.05, 3.63) is 61.8 Å². The third-order valence-corrected chi connectivity index (χ3v) is 5.87. The molecule has 0 aliphatic rings. The maximum atomic E-state index is 12.6. The highest BCUT2D eigenvalue weighted by Gasteiger charge is 2.15. The maximum Gasteiger partial charge on any atom is 0.281 e. The first-order chi connectivity index (χ1) is 12.5. The monoisotopic (exact) mass is 428 g/mol. The summed E-state index contributed by atoms with van der Waals surface area (Å²) in [6.07, 6.45) is 0. The van der Waals surface area contributed by atoms with Crippen LogP contribution in [0, 0.1) is 0 Å². The first kappa shape index (κ1) is 19.4. The number of ether oxygens (including phenoxy) is 1. The minimum absolute atomic E-state index is 0.354. The lowest BCUT2D eigenvalue weighted by molar-refractivity contribution is 0.0997. The molecular weight excluding hydrogens is 415 g/mol. The van der Waals surface area contributed by atoms with Crippen LogP contribution in [0.25, 0.3) is 10.2 Å². The van der Waals surface area contributed by atoms with E-state index in [9.17, 15) is 4.79 Å². The van der Waals surface area contributed by atoms with E-state index in [4.69, 9.17) is 39.5 Å². The molecule has 0 spiro atoms. The Kier molecular flexibility index (Phi) is 6.37. The lowest BCUT2D eigenvalue weighted by Gasteiger charge is -2.07. The van der Waals surface area contributed by atoms with Crippen molar-refractivity contribution >= 4 is 62.3 Å². The van der Waals surface area contributed by atoms with Gasteiger partial charge >= 0.3 is 0 Å². The highest BCUT2D eigenvalue weighted by Crippen LogP contribution is 2.32. The number of aromatic nitrogens is 1. The summed E-state index contributed by atoms with van der Waals surface area (Å²) >= 11 is 20.0. The number of fused-ring (bicyclic) bond motifs is 1. The highest BCUT2D eigenvalue weighted by molar-refractivity contribution is 7.16. The van der Waals surface area contributed by atoms with E-state index in [-0.39, 0.29) is 0 Å². The van der Waals surface area contributed by atoms with Crippen molar-refractivity contribution in [2.24, 2.45) is 4.99 Å². The van der Waals surface area contributed by atoms with Gasteiger partial charge in [-0.2, -0.15) is 4.99 Å². The molecule has 3 aromatic rings. The molecule has 0 aliphatic heterocycles. The van der Waals surface area contributed by atoms with Crippen LogP contribution in [0.4, 0.5) is 0 Å². The Labute approximate surface area is 169 Å². The fourth-order valence-electron chi connectivity index (χ4n) is 2.48. The number of carbonyl (C=O) groups is 1. The fraction of sp³-hybridized carbons (Fsp3) is 0.222. The molecule has 0 fully saturated rings. The van der Waals surface area contributed by atoms with E-state index in [0.29, 0.717) is 45.2 Å². The van der Waals surface area contributed by atoms with Crippen LogP contribution in [0.2, 0.25) is 15.1 Å². The van der Waals surface area contributed by atoms with Gasteiger partial charge < -0.3 is 9.30 Å². The Bertz CT molecular complexity index is 1030. The van der Waals surface area contributed by atoms with E-state index < -0.39 is 5.91 Å². The molecule has 0 radical (unpaired) electrons. The molecule has 0 N–H and O–H groups in total. The van der Waals surface area contributed by atoms with Crippen molar-refractivity contribution in [1.29, 1.82) is 0 Å². The number of carbonyl (C=O) groups excluding carboxylic acids is 1. The summed E-state index contributed by atoms with van der Waals surface area (Å²) in [7, 11) is 0. The summed E-state index contributed by atoms with van der Waals surface area (Å²) in [5.41, 5.74) is 1.10. The number of hydrogen-bond acceptors (Lipinski definition) is 3. The number of hydrogen-bond donors (Lipinski definition) is 0. The average molecular weight is 430 g/mol. The molecule has 26 heavy (non-hydrogen) atoms. The van der Waals surface area contributed by atoms with Crippen molar-refractivity contribution in [2.75, 3.05) is 13.2 Å². The predicted octanol–water partition coefficient (Wildman–Crippen LogP) is 5.44. The van der Waals surface area contributed by atoms with Gasteiger partial charge in [0.05, 0.1) is 37.5 Å². The first-order valence-corrected chi connectivity index (χ1v) is 9.86. The topological polar surface area (TPSA) is 43.6 Å². The molecule has 0 unspecified atom stereocenters. The van der Waals surface area contributed by atoms with Crippen LogP contribution >= 0.6 is 46.1 Å². The largest absolute Gasteiger partial charge is 0.380 e. The van der Waals surface area contributed by atoms with Crippen LogP contribution in [-0.2, 0) is 11.3 Å². The van der Waals surface area contributed by atoms with E-state index in [2.05, 4.69) is 4.99 Å². The quantitative estimate of drug-likeness (QED) is 0.507. The van der Waals surface area contributed by atoms with Gasteiger partial charge in [0.1, 0.15) is 0 Å². The Morgan fingerprint density at radius 3 is 2.65 bits per heavy atom. The van der Waals surface area contributed by atoms with Gasteiger partial charge in [0, 0.05) is 13.2 Å². The van der Waals surface area contributed by atoms with Crippen molar-refractivity contribution in [1.82, 2.24) is 4.57 Å². The highest BCUT2D eigenvalue weighted by atomic mass is 35.5. The first-order valence-electron chi connectivity index (χ1n) is 7.91. The van der Waals surface area contributed by atoms with Crippen molar-refractivity contribution < 1.29 is 9.53 Å². The van der Waals surface area contributed by atoms with Crippen LogP contribution in [0.5, 0.6) is 0 Å². The second-order valence-electron chi connectivity index (χ2n) is 5.34. The molecule has 136 valence electrons. The van der Waals surface area contributed by atoms with Gasteiger partial charge in [0.15, 0.2) is 4.80 Å². The van der Waals surface area contributed by atoms with Crippen LogP contribution in [0.3, 0.4) is 0 Å². The third-order valence-electron chi connectivity index (χ3n) is 3.70. The van der Waals surface area contributed by atoms with E-state index in [0.717, 1.165) is 10.2 Å². The zero-order valence-corrected chi connectivity index (χ0v) is 16.9. The third kappa shape index (κ3) is 3.97. The van der Waals surface area contributed by atoms with Gasteiger partial charge in [-0.1, -0.05) is 58.3 Å². The Morgan fingerprint density at radius 2 is 1.92 bits per heavy atom. The zero-order valence-electron chi connectivity index (χ0n) is 13.8. The average Bonchev–Trinajstić information content (AvgIpc) is 2.97. The summed E-state index contributed by atoms with van der Waals surface area (Å²) in [4.78, 5) is 17.4. The molecule has 1 aromatic heterocycles. The second kappa shape index (κ2) is 8.55. The molecule has 1 heterocycles. The van der Waals surface area contributed by atoms with Gasteiger partial charge in [-0.15, -0.1) is 0 Å². The van der Waals surface area contributed by atoms with Crippen molar-refractivity contribution in [2.45, 2.75) is 13.5 Å². The predicted molar refractivity (Wildman–Crippen MR) is 108 cm³/mol. The molecule has 0 aliphatic carbocycles. The van der Waals surface area contributed by atoms with E-state index in [1.54, 1.807) is 30.3 Å². The molecule has 0 atom stereocenters. The number of rotatable bonds is 5. The molecule has 1 amide bonds. The molecule has 0 saturated carbocycles. The molecule has 0 bridgehead atoms. The Morgan fingerprint density at radius 1 is 1.15 bits per heavy atom. The summed E-state index contributed by atoms with van der Waals surface area (Å²) in [6.45, 7) is 3.50. The Balaban J connectivity index is 2.15. The van der Waals surface area contributed by atoms with Crippen LogP contribution in [0.1, 0.15) is 17.3 Å². The fourth-order valence-corrected chi connectivity index (χ4v) is 4.23. The second-order valence-corrected chi connectivity index (χ2v) is 7.54. The zero-order chi connectivity index (χ0) is 18.7. The van der Waals surface area contributed by atoms with Gasteiger partial charge in [0.2, 0.25) is 0 Å². The minimum atomic E-state index is -0.408. The molecule has 8 heteroatoms. The molecule has 0 saturated heterocycles. The minimum Gasteiger partial charge on any atom is -0.380 e. The van der Waals surface area contributed by atoms with E-state index in [1.807, 2.05) is 17.6 Å². The summed E-state index contributed by atoms with van der Waals surface area (Å²) in [6, 6.07) is 10.4. The lowest BCUT2D eigenvalue weighted by atomic mass is 10.2. The van der Waals surface area contributed by atoms with Crippen LogP contribution < -0.4 is 4.80 Å². The smallest absolute Gasteiger partial charge is 0.281 e. The molecular formula is C18H15Cl3N2O2S. The maximum absolute atomic E-state index is 12.6.